The van der Waals surface area contributed by atoms with Crippen molar-refractivity contribution in [1.82, 2.24) is 10.2 Å². The summed E-state index contributed by atoms with van der Waals surface area (Å²) in [6.07, 6.45) is 0. The Labute approximate surface area is 131 Å². The number of carboxylic acid groups (broad SMARTS) is 1. The van der Waals surface area contributed by atoms with Crippen molar-refractivity contribution >= 4 is 29.5 Å². The highest BCUT2D eigenvalue weighted by Gasteiger charge is 2.26. The maximum absolute atomic E-state index is 12.0. The molecule has 0 radical (unpaired) electrons. The molecule has 22 heavy (non-hydrogen) atoms. The molecule has 1 heterocycles. The number of carbonyl (C=O) groups excluding carboxylic acids is 2. The maximum atomic E-state index is 12.0. The lowest BCUT2D eigenvalue weighted by Crippen LogP contribution is -2.41. The molecule has 8 heteroatoms. The summed E-state index contributed by atoms with van der Waals surface area (Å²) in [7, 11) is 1.51. The zero-order valence-electron chi connectivity index (χ0n) is 11.9. The number of hydrogen-bond donors (Lipinski definition) is 2. The minimum atomic E-state index is -1.17. The number of carbonyl (C=O) groups is 3. The van der Waals surface area contributed by atoms with Crippen LogP contribution in [0.2, 0.25) is 0 Å². The summed E-state index contributed by atoms with van der Waals surface area (Å²) in [5.74, 6) is -0.379. The molecule has 1 aliphatic rings. The van der Waals surface area contributed by atoms with E-state index in [-0.39, 0.29) is 12.5 Å². The Kier molecular flexibility index (Phi) is 5.26. The monoisotopic (exact) mass is 324 g/mol. The first-order valence-corrected chi connectivity index (χ1v) is 7.68. The van der Waals surface area contributed by atoms with Gasteiger partial charge in [-0.05, 0) is 17.7 Å². The van der Waals surface area contributed by atoms with Gasteiger partial charge in [-0.15, -0.1) is 11.8 Å². The molecule has 2 N–H and O–H groups in total. The molecule has 2 rings (SSSR count). The van der Waals surface area contributed by atoms with Crippen LogP contribution >= 0.6 is 11.8 Å². The predicted octanol–water partition coefficient (Wildman–Crippen LogP) is 0.470. The van der Waals surface area contributed by atoms with Crippen molar-refractivity contribution in [2.24, 2.45) is 0 Å². The van der Waals surface area contributed by atoms with Crippen LogP contribution in [0.3, 0.4) is 0 Å². The van der Waals surface area contributed by atoms with E-state index >= 15 is 0 Å². The van der Waals surface area contributed by atoms with E-state index in [1.165, 1.54) is 23.8 Å². The summed E-state index contributed by atoms with van der Waals surface area (Å²) in [6, 6.07) is 5.24. The normalized spacial score (nSPS) is 15.5. The highest BCUT2D eigenvalue weighted by Crippen LogP contribution is 2.19. The Morgan fingerprint density at radius 2 is 2.09 bits per heavy atom. The van der Waals surface area contributed by atoms with E-state index < -0.39 is 17.9 Å². The molecule has 1 fully saturated rings. The molecule has 1 atom stereocenters. The van der Waals surface area contributed by atoms with Gasteiger partial charge in [-0.1, -0.05) is 12.1 Å². The molecule has 118 valence electrons. The molecule has 0 saturated carbocycles. The number of methoxy groups -OCH3 is 1. The van der Waals surface area contributed by atoms with Crippen LogP contribution in [-0.2, 0) is 14.4 Å². The lowest BCUT2D eigenvalue weighted by atomic mass is 10.1. The molecule has 1 aromatic rings. The van der Waals surface area contributed by atoms with Crippen LogP contribution in [0.1, 0.15) is 11.6 Å². The number of nitrogens with zero attached hydrogens (tertiary/aromatic N) is 1. The molecule has 1 unspecified atom stereocenters. The Hall–Kier alpha value is -2.22. The molecule has 7 nitrogen and oxygen atoms in total. The number of aliphatic carboxylic acids is 1. The highest BCUT2D eigenvalue weighted by molar-refractivity contribution is 8.00. The van der Waals surface area contributed by atoms with Crippen LogP contribution in [0, 0.1) is 0 Å². The van der Waals surface area contributed by atoms with Gasteiger partial charge in [0.05, 0.1) is 18.7 Å². The van der Waals surface area contributed by atoms with Gasteiger partial charge in [0.2, 0.25) is 11.8 Å². The lowest BCUT2D eigenvalue weighted by Gasteiger charge is -2.18. The Morgan fingerprint density at radius 1 is 1.41 bits per heavy atom. The number of nitrogens with one attached hydrogen (secondary N) is 1. The van der Waals surface area contributed by atoms with Crippen molar-refractivity contribution in [3.63, 3.8) is 0 Å². The van der Waals surface area contributed by atoms with E-state index in [1.807, 2.05) is 0 Å². The van der Waals surface area contributed by atoms with Crippen molar-refractivity contribution in [3.05, 3.63) is 29.8 Å². The number of ether oxygens (including phenoxy) is 1. The van der Waals surface area contributed by atoms with Crippen LogP contribution in [-0.4, -0.2) is 53.1 Å². The van der Waals surface area contributed by atoms with Crippen LogP contribution in [0.25, 0.3) is 0 Å². The summed E-state index contributed by atoms with van der Waals surface area (Å²) in [5.41, 5.74) is 0.434. The average molecular weight is 324 g/mol. The van der Waals surface area contributed by atoms with Gasteiger partial charge >= 0.3 is 5.97 Å². The number of hydrogen-bond acceptors (Lipinski definition) is 5. The van der Waals surface area contributed by atoms with Gasteiger partial charge in [0.25, 0.3) is 0 Å². The zero-order valence-corrected chi connectivity index (χ0v) is 12.8. The van der Waals surface area contributed by atoms with Crippen LogP contribution in [0.4, 0.5) is 0 Å². The summed E-state index contributed by atoms with van der Waals surface area (Å²) in [4.78, 5) is 36.2. The molecule has 0 aromatic heterocycles. The number of thioether (sulfide) groups is 1. The smallest absolute Gasteiger partial charge is 0.330 e. The van der Waals surface area contributed by atoms with Crippen molar-refractivity contribution in [2.75, 3.05) is 25.3 Å². The molecule has 1 aromatic carbocycles. The quantitative estimate of drug-likeness (QED) is 0.790. The van der Waals surface area contributed by atoms with E-state index in [2.05, 4.69) is 5.32 Å². The second-order valence-corrected chi connectivity index (χ2v) is 5.64. The van der Waals surface area contributed by atoms with E-state index in [4.69, 9.17) is 4.74 Å². The van der Waals surface area contributed by atoms with Crippen molar-refractivity contribution < 1.29 is 24.2 Å². The molecule has 0 aliphatic carbocycles. The molecule has 0 spiro atoms. The SMILES string of the molecule is COc1ccc(C(NC(=O)CN2CSCC2=O)C(=O)O)cc1. The third kappa shape index (κ3) is 3.91. The predicted molar refractivity (Wildman–Crippen MR) is 80.6 cm³/mol. The average Bonchev–Trinajstić information content (AvgIpc) is 2.90. The number of carboxylic acids is 1. The summed E-state index contributed by atoms with van der Waals surface area (Å²) >= 11 is 1.42. The minimum absolute atomic E-state index is 0.114. The first-order chi connectivity index (χ1) is 10.5. The van der Waals surface area contributed by atoms with Gasteiger partial charge in [0, 0.05) is 0 Å². The zero-order chi connectivity index (χ0) is 16.1. The third-order valence-electron chi connectivity index (χ3n) is 3.16. The molecule has 2 amide bonds. The van der Waals surface area contributed by atoms with E-state index in [9.17, 15) is 19.5 Å². The number of rotatable bonds is 6. The van der Waals surface area contributed by atoms with Crippen LogP contribution in [0.5, 0.6) is 5.75 Å². The van der Waals surface area contributed by atoms with Gasteiger partial charge in [-0.3, -0.25) is 9.59 Å². The van der Waals surface area contributed by atoms with Crippen molar-refractivity contribution in [1.29, 1.82) is 0 Å². The summed E-state index contributed by atoms with van der Waals surface area (Å²) in [5, 5.41) is 11.7. The minimum Gasteiger partial charge on any atom is -0.497 e. The summed E-state index contributed by atoms with van der Waals surface area (Å²) in [6.45, 7) is -0.133. The number of amides is 2. The summed E-state index contributed by atoms with van der Waals surface area (Å²) < 4.78 is 5.01. The Morgan fingerprint density at radius 3 is 2.59 bits per heavy atom. The molecule has 0 bridgehead atoms. The standard InChI is InChI=1S/C14H16N2O5S/c1-21-10-4-2-9(3-5-10)13(14(19)20)15-11(17)6-16-8-22-7-12(16)18/h2-5,13H,6-8H2,1H3,(H,15,17)(H,19,20). The molecule has 1 aliphatic heterocycles. The fourth-order valence-corrected chi connectivity index (χ4v) is 2.91. The van der Waals surface area contributed by atoms with Gasteiger partial charge in [0.1, 0.15) is 12.3 Å². The van der Waals surface area contributed by atoms with E-state index in [1.54, 1.807) is 24.3 Å². The van der Waals surface area contributed by atoms with Gasteiger partial charge < -0.3 is 20.1 Å². The van der Waals surface area contributed by atoms with Crippen molar-refractivity contribution in [3.8, 4) is 5.75 Å². The van der Waals surface area contributed by atoms with Gasteiger partial charge in [0.15, 0.2) is 6.04 Å². The highest BCUT2D eigenvalue weighted by atomic mass is 32.2. The molecule has 1 saturated heterocycles. The van der Waals surface area contributed by atoms with Crippen LogP contribution < -0.4 is 10.1 Å². The second-order valence-electron chi connectivity index (χ2n) is 4.68. The van der Waals surface area contributed by atoms with Gasteiger partial charge in [-0.2, -0.15) is 0 Å². The fraction of sp³-hybridized carbons (Fsp3) is 0.357. The van der Waals surface area contributed by atoms with Gasteiger partial charge in [-0.25, -0.2) is 4.79 Å². The first-order valence-electron chi connectivity index (χ1n) is 6.53. The number of benzene rings is 1. The second kappa shape index (κ2) is 7.17. The Balaban J connectivity index is 2.03. The van der Waals surface area contributed by atoms with E-state index in [0.29, 0.717) is 22.9 Å². The maximum Gasteiger partial charge on any atom is 0.330 e. The lowest BCUT2D eigenvalue weighted by molar-refractivity contribution is -0.142. The third-order valence-corrected chi connectivity index (χ3v) is 4.11. The Bertz CT molecular complexity index is 575. The van der Waals surface area contributed by atoms with E-state index in [0.717, 1.165) is 0 Å². The molecular weight excluding hydrogens is 308 g/mol. The molecular formula is C14H16N2O5S. The van der Waals surface area contributed by atoms with Crippen molar-refractivity contribution in [2.45, 2.75) is 6.04 Å². The first kappa shape index (κ1) is 16.2. The largest absolute Gasteiger partial charge is 0.497 e. The topological polar surface area (TPSA) is 95.9 Å². The van der Waals surface area contributed by atoms with Crippen LogP contribution in [0.15, 0.2) is 24.3 Å². The fourth-order valence-electron chi connectivity index (χ4n) is 2.00.